The fraction of sp³-hybridized carbons (Fsp3) is 0.391. The lowest BCUT2D eigenvalue weighted by atomic mass is 10.0. The van der Waals surface area contributed by atoms with Crippen LogP contribution >= 0.6 is 0 Å². The van der Waals surface area contributed by atoms with Gasteiger partial charge in [0.05, 0.1) is 19.2 Å². The largest absolute Gasteiger partial charge is 0.495 e. The molecule has 0 aliphatic carbocycles. The second kappa shape index (κ2) is 10.2. The third-order valence-electron chi connectivity index (χ3n) is 5.57. The van der Waals surface area contributed by atoms with E-state index in [4.69, 9.17) is 4.74 Å². The van der Waals surface area contributed by atoms with Gasteiger partial charge in [0.2, 0.25) is 0 Å². The van der Waals surface area contributed by atoms with Gasteiger partial charge in [-0.05, 0) is 56.7 Å². The van der Waals surface area contributed by atoms with Gasteiger partial charge < -0.3 is 19.9 Å². The van der Waals surface area contributed by atoms with Crippen LogP contribution in [-0.4, -0.2) is 49.1 Å². The van der Waals surface area contributed by atoms with Crippen LogP contribution in [0, 0.1) is 23.0 Å². The highest BCUT2D eigenvalue weighted by molar-refractivity contribution is 5.74. The highest BCUT2D eigenvalue weighted by Crippen LogP contribution is 2.22. The third-order valence-corrected chi connectivity index (χ3v) is 5.57. The number of ether oxygens (including phenoxy) is 1. The van der Waals surface area contributed by atoms with Crippen LogP contribution in [0.15, 0.2) is 36.4 Å². The maximum atomic E-state index is 14.3. The van der Waals surface area contributed by atoms with Crippen molar-refractivity contribution in [1.82, 2.24) is 15.1 Å². The van der Waals surface area contributed by atoms with Crippen LogP contribution in [0.4, 0.5) is 13.6 Å². The molecule has 8 heteroatoms. The van der Waals surface area contributed by atoms with E-state index in [-0.39, 0.29) is 30.7 Å². The average molecular weight is 428 g/mol. The average Bonchev–Trinajstić information content (AvgIpc) is 2.77. The Kier molecular flexibility index (Phi) is 7.42. The molecule has 1 heterocycles. The highest BCUT2D eigenvalue weighted by atomic mass is 19.1. The summed E-state index contributed by atoms with van der Waals surface area (Å²) in [6, 6.07) is 10.2. The monoisotopic (exact) mass is 428 g/mol. The first-order valence-corrected chi connectivity index (χ1v) is 10.1. The minimum Gasteiger partial charge on any atom is -0.495 e. The summed E-state index contributed by atoms with van der Waals surface area (Å²) in [6.07, 6.45) is 1.54. The van der Waals surface area contributed by atoms with Crippen molar-refractivity contribution in [1.29, 1.82) is 5.26 Å². The lowest BCUT2D eigenvalue weighted by molar-refractivity contribution is 0.126. The van der Waals surface area contributed by atoms with Gasteiger partial charge >= 0.3 is 6.03 Å². The molecule has 1 aliphatic heterocycles. The predicted molar refractivity (Wildman–Crippen MR) is 112 cm³/mol. The molecule has 0 aromatic heterocycles. The van der Waals surface area contributed by atoms with Gasteiger partial charge in [0.25, 0.3) is 0 Å². The molecule has 0 radical (unpaired) electrons. The number of carbonyl (C=O) groups excluding carboxylic acids is 1. The van der Waals surface area contributed by atoms with Crippen molar-refractivity contribution in [2.45, 2.75) is 32.0 Å². The number of urea groups is 1. The number of halogens is 2. The van der Waals surface area contributed by atoms with E-state index >= 15 is 0 Å². The molecule has 0 bridgehead atoms. The normalized spacial score (nSPS) is 14.7. The molecule has 2 aromatic rings. The number of amides is 2. The second-order valence-electron chi connectivity index (χ2n) is 7.70. The van der Waals surface area contributed by atoms with Crippen LogP contribution in [0.1, 0.15) is 29.5 Å². The number of likely N-dealkylation sites (tertiary alicyclic amines) is 1. The fourth-order valence-corrected chi connectivity index (χ4v) is 3.74. The smallest absolute Gasteiger partial charge is 0.318 e. The summed E-state index contributed by atoms with van der Waals surface area (Å²) >= 11 is 0. The van der Waals surface area contributed by atoms with Crippen molar-refractivity contribution in [2.75, 3.05) is 27.2 Å². The number of nitriles is 1. The number of hydrogen-bond acceptors (Lipinski definition) is 4. The summed E-state index contributed by atoms with van der Waals surface area (Å²) in [5, 5.41) is 12.1. The maximum Gasteiger partial charge on any atom is 0.318 e. The molecule has 3 rings (SSSR count). The summed E-state index contributed by atoms with van der Waals surface area (Å²) in [6.45, 7) is 1.94. The third kappa shape index (κ3) is 5.70. The molecule has 2 aromatic carbocycles. The van der Waals surface area contributed by atoms with Crippen molar-refractivity contribution in [3.63, 3.8) is 0 Å². The molecule has 1 saturated heterocycles. The number of nitrogens with one attached hydrogen (secondary N) is 1. The first kappa shape index (κ1) is 22.5. The zero-order valence-electron chi connectivity index (χ0n) is 17.7. The fourth-order valence-electron chi connectivity index (χ4n) is 3.74. The molecule has 31 heavy (non-hydrogen) atoms. The van der Waals surface area contributed by atoms with Crippen LogP contribution in [0.5, 0.6) is 5.75 Å². The number of rotatable bonds is 6. The Morgan fingerprint density at radius 3 is 2.65 bits per heavy atom. The van der Waals surface area contributed by atoms with Crippen LogP contribution in [-0.2, 0) is 13.1 Å². The van der Waals surface area contributed by atoms with Crippen molar-refractivity contribution in [3.05, 3.63) is 64.7 Å². The molecule has 164 valence electrons. The van der Waals surface area contributed by atoms with Crippen LogP contribution < -0.4 is 10.1 Å². The Labute approximate surface area is 181 Å². The second-order valence-corrected chi connectivity index (χ2v) is 7.70. The molecule has 0 saturated carbocycles. The molecule has 6 nitrogen and oxygen atoms in total. The van der Waals surface area contributed by atoms with E-state index in [1.807, 2.05) is 7.05 Å². The first-order valence-electron chi connectivity index (χ1n) is 10.1. The summed E-state index contributed by atoms with van der Waals surface area (Å²) in [4.78, 5) is 16.9. The predicted octanol–water partition coefficient (Wildman–Crippen LogP) is 3.65. The number of nitrogens with zero attached hydrogens (tertiary/aromatic N) is 3. The Balaban J connectivity index is 1.75. The topological polar surface area (TPSA) is 68.6 Å². The number of hydrogen-bond donors (Lipinski definition) is 1. The zero-order valence-corrected chi connectivity index (χ0v) is 17.7. The molecule has 0 atom stereocenters. The van der Waals surface area contributed by atoms with Crippen LogP contribution in [0.3, 0.4) is 0 Å². The summed E-state index contributed by atoms with van der Waals surface area (Å²) < 4.78 is 32.7. The van der Waals surface area contributed by atoms with Gasteiger partial charge in [-0.3, -0.25) is 0 Å². The minimum atomic E-state index is -0.667. The van der Waals surface area contributed by atoms with Gasteiger partial charge in [0.1, 0.15) is 23.5 Å². The maximum absolute atomic E-state index is 14.3. The number of carbonyl (C=O) groups is 1. The van der Waals surface area contributed by atoms with Gasteiger partial charge in [0.15, 0.2) is 0 Å². The lowest BCUT2D eigenvalue weighted by Gasteiger charge is -2.37. The van der Waals surface area contributed by atoms with Gasteiger partial charge in [-0.25, -0.2) is 13.6 Å². The number of piperidine rings is 1. The lowest BCUT2D eigenvalue weighted by Crippen LogP contribution is -2.49. The Morgan fingerprint density at radius 2 is 2.00 bits per heavy atom. The van der Waals surface area contributed by atoms with E-state index in [1.54, 1.807) is 23.1 Å². The molecule has 2 amide bonds. The Bertz CT molecular complexity index is 969. The summed E-state index contributed by atoms with van der Waals surface area (Å²) in [5.74, 6) is -0.846. The van der Waals surface area contributed by atoms with E-state index in [9.17, 15) is 18.8 Å². The Hall–Kier alpha value is -3.18. The Morgan fingerprint density at radius 1 is 1.26 bits per heavy atom. The molecule has 1 aliphatic rings. The zero-order chi connectivity index (χ0) is 22.4. The molecule has 1 fully saturated rings. The molecule has 0 unspecified atom stereocenters. The van der Waals surface area contributed by atoms with Gasteiger partial charge in [0, 0.05) is 24.2 Å². The van der Waals surface area contributed by atoms with Gasteiger partial charge in [-0.2, -0.15) is 5.26 Å². The SMILES string of the molecule is COc1ccc(CNC(=O)N(Cc2ccc(F)cc2F)C2CCN(C)CC2)cc1C#N. The van der Waals surface area contributed by atoms with E-state index in [0.717, 1.165) is 37.6 Å². The molecular weight excluding hydrogens is 402 g/mol. The summed E-state index contributed by atoms with van der Waals surface area (Å²) in [7, 11) is 3.52. The quantitative estimate of drug-likeness (QED) is 0.763. The summed E-state index contributed by atoms with van der Waals surface area (Å²) in [5.41, 5.74) is 1.41. The highest BCUT2D eigenvalue weighted by Gasteiger charge is 2.28. The van der Waals surface area contributed by atoms with Gasteiger partial charge in [-0.1, -0.05) is 12.1 Å². The van der Waals surface area contributed by atoms with Crippen molar-refractivity contribution in [3.8, 4) is 11.8 Å². The molecule has 1 N–H and O–H groups in total. The molecular formula is C23H26F2N4O2. The van der Waals surface area contributed by atoms with Gasteiger partial charge in [-0.15, -0.1) is 0 Å². The van der Waals surface area contributed by atoms with Crippen molar-refractivity contribution < 1.29 is 18.3 Å². The number of methoxy groups -OCH3 is 1. The first-order chi connectivity index (χ1) is 14.9. The van der Waals surface area contributed by atoms with E-state index in [0.29, 0.717) is 11.3 Å². The van der Waals surface area contributed by atoms with E-state index in [2.05, 4.69) is 16.3 Å². The van der Waals surface area contributed by atoms with Crippen molar-refractivity contribution >= 4 is 6.03 Å². The van der Waals surface area contributed by atoms with E-state index in [1.165, 1.54) is 19.2 Å². The van der Waals surface area contributed by atoms with Crippen molar-refractivity contribution in [2.24, 2.45) is 0 Å². The van der Waals surface area contributed by atoms with Crippen LogP contribution in [0.25, 0.3) is 0 Å². The number of benzene rings is 2. The van der Waals surface area contributed by atoms with E-state index < -0.39 is 11.6 Å². The minimum absolute atomic E-state index is 0.0498. The standard InChI is InChI=1S/C23H26F2N4O2/c1-28-9-7-20(8-10-28)29(15-17-4-5-19(24)12-21(17)25)23(30)27-14-16-3-6-22(31-2)18(11-16)13-26/h3-6,11-12,20H,7-10,14-15H2,1-2H3,(H,27,30). The van der Waals surface area contributed by atoms with Crippen LogP contribution in [0.2, 0.25) is 0 Å². The molecule has 0 spiro atoms.